The van der Waals surface area contributed by atoms with Crippen LogP contribution in [0.3, 0.4) is 0 Å². The Labute approximate surface area is 242 Å². The SMILES string of the molecule is COCCCN(CC(=O)N(CCc1c[nH]c2ccccc12)Cc1ccc(F)cc1)C(=O)Nc1c(Cl)cccc1Cl. The van der Waals surface area contributed by atoms with Crippen LogP contribution in [0.4, 0.5) is 14.9 Å². The molecule has 1 aromatic heterocycles. The number of nitrogens with zero attached hydrogens (tertiary/aromatic N) is 2. The normalized spacial score (nSPS) is 11.0. The van der Waals surface area contributed by atoms with Crippen LogP contribution in [0.15, 0.2) is 72.9 Å². The molecule has 1 heterocycles. The zero-order valence-corrected chi connectivity index (χ0v) is 23.6. The molecule has 0 aliphatic carbocycles. The number of rotatable bonds is 12. The molecule has 3 amide bonds. The summed E-state index contributed by atoms with van der Waals surface area (Å²) in [6.45, 7) is 1.20. The second-order valence-electron chi connectivity index (χ2n) is 9.35. The highest BCUT2D eigenvalue weighted by Gasteiger charge is 2.23. The fourth-order valence-electron chi connectivity index (χ4n) is 4.41. The van der Waals surface area contributed by atoms with Gasteiger partial charge in [-0.3, -0.25) is 4.79 Å². The number of aromatic nitrogens is 1. The van der Waals surface area contributed by atoms with E-state index >= 15 is 0 Å². The summed E-state index contributed by atoms with van der Waals surface area (Å²) in [5.74, 6) is -0.596. The van der Waals surface area contributed by atoms with Crippen molar-refractivity contribution in [1.29, 1.82) is 0 Å². The van der Waals surface area contributed by atoms with Gasteiger partial charge < -0.3 is 24.8 Å². The number of aromatic amines is 1. The highest BCUT2D eigenvalue weighted by atomic mass is 35.5. The van der Waals surface area contributed by atoms with Crippen molar-refractivity contribution < 1.29 is 18.7 Å². The van der Waals surface area contributed by atoms with Crippen molar-refractivity contribution in [3.8, 4) is 0 Å². The van der Waals surface area contributed by atoms with Gasteiger partial charge in [0.2, 0.25) is 5.91 Å². The lowest BCUT2D eigenvalue weighted by atomic mass is 10.1. The first kappa shape index (κ1) is 29.4. The van der Waals surface area contributed by atoms with E-state index in [-0.39, 0.29) is 37.0 Å². The predicted octanol–water partition coefficient (Wildman–Crippen LogP) is 6.76. The Morgan fingerprint density at radius 3 is 2.40 bits per heavy atom. The predicted molar refractivity (Wildman–Crippen MR) is 157 cm³/mol. The van der Waals surface area contributed by atoms with Gasteiger partial charge in [0.15, 0.2) is 0 Å². The summed E-state index contributed by atoms with van der Waals surface area (Å²) in [5.41, 5.74) is 3.16. The van der Waals surface area contributed by atoms with Crippen molar-refractivity contribution in [2.75, 3.05) is 38.7 Å². The molecule has 0 unspecified atom stereocenters. The van der Waals surface area contributed by atoms with Crippen LogP contribution >= 0.6 is 23.2 Å². The van der Waals surface area contributed by atoms with Gasteiger partial charge in [-0.05, 0) is 54.3 Å². The fraction of sp³-hybridized carbons (Fsp3) is 0.267. The summed E-state index contributed by atoms with van der Waals surface area (Å²) in [6, 6.07) is 18.5. The molecule has 210 valence electrons. The number of anilines is 1. The highest BCUT2D eigenvalue weighted by molar-refractivity contribution is 6.39. The number of urea groups is 1. The standard InChI is InChI=1S/C30H31Cl2FN4O3/c1-40-17-5-15-37(30(39)35-29-25(31)7-4-8-26(29)32)20-28(38)36(19-21-10-12-23(33)13-11-21)16-14-22-18-34-27-9-3-2-6-24(22)27/h2-4,6-13,18,34H,5,14-17,19-20H2,1H3,(H,35,39). The third-order valence-electron chi connectivity index (χ3n) is 6.55. The number of nitrogens with one attached hydrogen (secondary N) is 2. The number of carbonyl (C=O) groups excluding carboxylic acids is 2. The van der Waals surface area contributed by atoms with Gasteiger partial charge in [-0.15, -0.1) is 0 Å². The van der Waals surface area contributed by atoms with Gasteiger partial charge in [-0.1, -0.05) is 59.6 Å². The Kier molecular flexibility index (Phi) is 10.4. The number of ether oxygens (including phenoxy) is 1. The van der Waals surface area contributed by atoms with Crippen LogP contribution in [0.2, 0.25) is 10.0 Å². The summed E-state index contributed by atoms with van der Waals surface area (Å²) >= 11 is 12.5. The summed E-state index contributed by atoms with van der Waals surface area (Å²) in [4.78, 5) is 33.4. The van der Waals surface area contributed by atoms with E-state index in [0.717, 1.165) is 22.0 Å². The molecule has 0 bridgehead atoms. The molecule has 0 atom stereocenters. The largest absolute Gasteiger partial charge is 0.385 e. The Hall–Kier alpha value is -3.59. The topological polar surface area (TPSA) is 77.7 Å². The van der Waals surface area contributed by atoms with Crippen molar-refractivity contribution in [3.05, 3.63) is 99.9 Å². The van der Waals surface area contributed by atoms with E-state index in [1.165, 1.54) is 17.0 Å². The second-order valence-corrected chi connectivity index (χ2v) is 10.2. The fourth-order valence-corrected chi connectivity index (χ4v) is 4.91. The van der Waals surface area contributed by atoms with E-state index in [1.54, 1.807) is 42.3 Å². The van der Waals surface area contributed by atoms with Crippen molar-refractivity contribution >= 4 is 51.7 Å². The smallest absolute Gasteiger partial charge is 0.322 e. The minimum atomic E-state index is -0.502. The molecular weight excluding hydrogens is 554 g/mol. The highest BCUT2D eigenvalue weighted by Crippen LogP contribution is 2.30. The van der Waals surface area contributed by atoms with Gasteiger partial charge in [-0.2, -0.15) is 0 Å². The van der Waals surface area contributed by atoms with E-state index in [4.69, 9.17) is 27.9 Å². The maximum Gasteiger partial charge on any atom is 0.322 e. The van der Waals surface area contributed by atoms with E-state index in [9.17, 15) is 14.0 Å². The number of hydrogen-bond acceptors (Lipinski definition) is 3. The molecule has 0 aliphatic rings. The van der Waals surface area contributed by atoms with Crippen LogP contribution in [0.5, 0.6) is 0 Å². The average molecular weight is 586 g/mol. The molecule has 0 fully saturated rings. The maximum atomic E-state index is 13.7. The molecule has 0 saturated carbocycles. The van der Waals surface area contributed by atoms with E-state index in [2.05, 4.69) is 10.3 Å². The number of benzene rings is 3. The number of fused-ring (bicyclic) bond motifs is 1. The third kappa shape index (κ3) is 7.75. The number of para-hydroxylation sites is 2. The van der Waals surface area contributed by atoms with Gasteiger partial charge in [0.25, 0.3) is 0 Å². The molecule has 0 radical (unpaired) electrons. The monoisotopic (exact) mass is 584 g/mol. The molecule has 40 heavy (non-hydrogen) atoms. The zero-order valence-electron chi connectivity index (χ0n) is 22.1. The maximum absolute atomic E-state index is 13.7. The van der Waals surface area contributed by atoms with E-state index in [1.807, 2.05) is 30.5 Å². The number of methoxy groups -OCH3 is 1. The molecular formula is C30H31Cl2FN4O3. The first-order valence-corrected chi connectivity index (χ1v) is 13.7. The van der Waals surface area contributed by atoms with Crippen LogP contribution in [-0.2, 0) is 22.5 Å². The molecule has 0 aliphatic heterocycles. The van der Waals surface area contributed by atoms with E-state index < -0.39 is 6.03 Å². The number of halogens is 3. The van der Waals surface area contributed by atoms with Gasteiger partial charge in [0.05, 0.1) is 15.7 Å². The Morgan fingerprint density at radius 1 is 0.950 bits per heavy atom. The number of hydrogen-bond donors (Lipinski definition) is 2. The molecule has 3 aromatic carbocycles. The molecule has 7 nitrogen and oxygen atoms in total. The quantitative estimate of drug-likeness (QED) is 0.181. The first-order chi connectivity index (χ1) is 19.4. The first-order valence-electron chi connectivity index (χ1n) is 12.9. The van der Waals surface area contributed by atoms with Crippen molar-refractivity contribution in [2.24, 2.45) is 0 Å². The van der Waals surface area contributed by atoms with Gasteiger partial charge in [0.1, 0.15) is 12.4 Å². The van der Waals surface area contributed by atoms with Crippen LogP contribution < -0.4 is 5.32 Å². The average Bonchev–Trinajstić information content (AvgIpc) is 3.36. The summed E-state index contributed by atoms with van der Waals surface area (Å²) in [7, 11) is 1.58. The summed E-state index contributed by atoms with van der Waals surface area (Å²) in [5, 5.41) is 4.42. The minimum Gasteiger partial charge on any atom is -0.385 e. The van der Waals surface area contributed by atoms with Crippen LogP contribution in [0, 0.1) is 5.82 Å². The lowest BCUT2D eigenvalue weighted by molar-refractivity contribution is -0.132. The molecule has 0 spiro atoms. The summed E-state index contributed by atoms with van der Waals surface area (Å²) in [6.07, 6.45) is 3.08. The molecule has 4 rings (SSSR count). The van der Waals surface area contributed by atoms with E-state index in [0.29, 0.717) is 36.0 Å². The van der Waals surface area contributed by atoms with Crippen LogP contribution in [-0.4, -0.2) is 60.1 Å². The summed E-state index contributed by atoms with van der Waals surface area (Å²) < 4.78 is 18.7. The number of carbonyl (C=O) groups is 2. The Balaban J connectivity index is 1.53. The molecule has 4 aromatic rings. The van der Waals surface area contributed by atoms with Crippen LogP contribution in [0.25, 0.3) is 10.9 Å². The third-order valence-corrected chi connectivity index (χ3v) is 7.18. The van der Waals surface area contributed by atoms with Crippen molar-refractivity contribution in [3.63, 3.8) is 0 Å². The zero-order chi connectivity index (χ0) is 28.5. The molecule has 2 N–H and O–H groups in total. The molecule has 10 heteroatoms. The van der Waals surface area contributed by atoms with Gasteiger partial charge in [0, 0.05) is 50.5 Å². The second kappa shape index (κ2) is 14.2. The van der Waals surface area contributed by atoms with Crippen molar-refractivity contribution in [1.82, 2.24) is 14.8 Å². The lowest BCUT2D eigenvalue weighted by Gasteiger charge is -2.28. The number of amides is 3. The molecule has 0 saturated heterocycles. The van der Waals surface area contributed by atoms with Crippen LogP contribution in [0.1, 0.15) is 17.5 Å². The van der Waals surface area contributed by atoms with Gasteiger partial charge >= 0.3 is 6.03 Å². The van der Waals surface area contributed by atoms with Gasteiger partial charge in [-0.25, -0.2) is 9.18 Å². The minimum absolute atomic E-state index is 0.174. The lowest BCUT2D eigenvalue weighted by Crippen LogP contribution is -2.45. The Morgan fingerprint density at radius 2 is 1.68 bits per heavy atom. The number of H-pyrrole nitrogens is 1. The Bertz CT molecular complexity index is 1420. The van der Waals surface area contributed by atoms with Crippen molar-refractivity contribution in [2.45, 2.75) is 19.4 Å².